The fourth-order valence-corrected chi connectivity index (χ4v) is 7.20. The van der Waals surface area contributed by atoms with Crippen LogP contribution in [0.2, 0.25) is 0 Å². The van der Waals surface area contributed by atoms with E-state index in [0.717, 1.165) is 29.7 Å². The number of fused-ring (bicyclic) bond motifs is 6. The summed E-state index contributed by atoms with van der Waals surface area (Å²) in [5.74, 6) is -0.302. The summed E-state index contributed by atoms with van der Waals surface area (Å²) < 4.78 is 6.77. The Hall–Kier alpha value is -3.64. The molecule has 1 amide bonds. The van der Waals surface area contributed by atoms with Crippen LogP contribution < -0.4 is 9.64 Å². The lowest BCUT2D eigenvalue weighted by atomic mass is 9.65. The van der Waals surface area contributed by atoms with E-state index < -0.39 is 11.1 Å². The van der Waals surface area contributed by atoms with Crippen molar-refractivity contribution in [2.75, 3.05) is 18.5 Å². The van der Waals surface area contributed by atoms with E-state index in [2.05, 4.69) is 4.90 Å². The fourth-order valence-electron chi connectivity index (χ4n) is 7.20. The second kappa shape index (κ2) is 6.48. The van der Waals surface area contributed by atoms with Crippen molar-refractivity contribution >= 4 is 17.4 Å². The largest absolute Gasteiger partial charge is 0.508 e. The zero-order valence-electron chi connectivity index (χ0n) is 18.8. The van der Waals surface area contributed by atoms with Gasteiger partial charge >= 0.3 is 0 Å². The van der Waals surface area contributed by atoms with Crippen LogP contribution in [0.5, 0.6) is 11.5 Å². The minimum atomic E-state index is -1.48. The number of ketones is 1. The van der Waals surface area contributed by atoms with Crippen LogP contribution in [0.3, 0.4) is 0 Å². The number of likely N-dealkylation sites (N-methyl/N-ethyl adjacent to an activating group) is 1. The quantitative estimate of drug-likeness (QED) is 0.608. The van der Waals surface area contributed by atoms with Crippen molar-refractivity contribution < 1.29 is 19.4 Å². The first-order chi connectivity index (χ1) is 16.5. The molecular formula is C28H24N2O4. The molecule has 0 saturated carbocycles. The summed E-state index contributed by atoms with van der Waals surface area (Å²) >= 11 is 0. The van der Waals surface area contributed by atoms with Crippen LogP contribution in [0, 0.1) is 0 Å². The molecule has 4 heterocycles. The molecule has 0 aromatic heterocycles. The third-order valence-corrected chi connectivity index (χ3v) is 8.34. The van der Waals surface area contributed by atoms with E-state index in [1.165, 1.54) is 12.1 Å². The van der Waals surface area contributed by atoms with Gasteiger partial charge in [-0.05, 0) is 36.6 Å². The highest BCUT2D eigenvalue weighted by molar-refractivity contribution is 6.19. The molecule has 4 aliphatic rings. The predicted molar refractivity (Wildman–Crippen MR) is 126 cm³/mol. The number of Topliss-reactive ketones (excluding diaryl/α,β-unsaturated/α-hetero) is 1. The number of hydrogen-bond acceptors (Lipinski definition) is 5. The molecule has 4 aliphatic heterocycles. The number of aromatic hydroxyl groups is 1. The average molecular weight is 453 g/mol. The Morgan fingerprint density at radius 3 is 2.59 bits per heavy atom. The summed E-state index contributed by atoms with van der Waals surface area (Å²) in [7, 11) is 1.78. The van der Waals surface area contributed by atoms with Gasteiger partial charge in [-0.1, -0.05) is 48.5 Å². The normalized spacial score (nSPS) is 31.3. The number of para-hydroxylation sites is 1. The summed E-state index contributed by atoms with van der Waals surface area (Å²) in [6.45, 7) is 0.710. The topological polar surface area (TPSA) is 70.1 Å². The van der Waals surface area contributed by atoms with Crippen molar-refractivity contribution in [3.8, 4) is 11.5 Å². The smallest absolute Gasteiger partial charge is 0.256 e. The van der Waals surface area contributed by atoms with Gasteiger partial charge in [-0.2, -0.15) is 0 Å². The lowest BCUT2D eigenvalue weighted by Gasteiger charge is -2.43. The van der Waals surface area contributed by atoms with Crippen molar-refractivity contribution in [2.45, 2.75) is 35.9 Å². The highest BCUT2D eigenvalue weighted by Crippen LogP contribution is 2.67. The maximum absolute atomic E-state index is 14.6. The van der Waals surface area contributed by atoms with Gasteiger partial charge in [-0.15, -0.1) is 0 Å². The number of carbonyl (C=O) groups excluding carboxylic acids is 2. The number of phenols is 1. The summed E-state index contributed by atoms with van der Waals surface area (Å²) in [6, 6.07) is 22.3. The number of carbonyl (C=O) groups is 2. The van der Waals surface area contributed by atoms with Crippen molar-refractivity contribution in [1.29, 1.82) is 0 Å². The van der Waals surface area contributed by atoms with Crippen LogP contribution in [0.1, 0.15) is 40.2 Å². The standard InChI is InChI=1S/C28H24N2O4/c1-29-21-11-6-5-10-20(21)27(26(29)33)28(25(32)19-14-13-18(31)16-23(19)34-28)24(17-8-3-2-4-9-17)22-12-7-15-30(22)27/h2-6,8-11,13-14,16,22,24,31H,7,12,15H2,1H3/t22-,24-,27-,28+/m1/s1. The zero-order valence-corrected chi connectivity index (χ0v) is 18.8. The number of rotatable bonds is 1. The fraction of sp³-hybridized carbons (Fsp3) is 0.286. The number of ether oxygens (including phenoxy) is 1. The number of benzene rings is 3. The van der Waals surface area contributed by atoms with Gasteiger partial charge < -0.3 is 14.7 Å². The molecule has 1 N–H and O–H groups in total. The number of nitrogens with zero attached hydrogens (tertiary/aromatic N) is 2. The lowest BCUT2D eigenvalue weighted by Crippen LogP contribution is -2.66. The van der Waals surface area contributed by atoms with Gasteiger partial charge in [0.25, 0.3) is 5.91 Å². The van der Waals surface area contributed by atoms with Gasteiger partial charge in [-0.3, -0.25) is 14.5 Å². The molecule has 0 radical (unpaired) electrons. The highest BCUT2D eigenvalue weighted by atomic mass is 16.5. The maximum Gasteiger partial charge on any atom is 0.256 e. The van der Waals surface area contributed by atoms with Crippen LogP contribution >= 0.6 is 0 Å². The Morgan fingerprint density at radius 1 is 1.00 bits per heavy atom. The Kier molecular flexibility index (Phi) is 3.77. The summed E-state index contributed by atoms with van der Waals surface area (Å²) in [4.78, 5) is 32.9. The van der Waals surface area contributed by atoms with E-state index in [-0.39, 0.29) is 29.4 Å². The van der Waals surface area contributed by atoms with Crippen molar-refractivity contribution in [2.24, 2.45) is 0 Å². The van der Waals surface area contributed by atoms with Gasteiger partial charge in [-0.25, -0.2) is 0 Å². The minimum absolute atomic E-state index is 0.0298. The second-order valence-electron chi connectivity index (χ2n) is 9.73. The predicted octanol–water partition coefficient (Wildman–Crippen LogP) is 3.84. The number of phenolic OH excluding ortho intramolecular Hbond substituents is 1. The van der Waals surface area contributed by atoms with Crippen molar-refractivity contribution in [3.63, 3.8) is 0 Å². The molecule has 2 fully saturated rings. The van der Waals surface area contributed by atoms with Crippen molar-refractivity contribution in [3.05, 3.63) is 89.5 Å². The summed E-state index contributed by atoms with van der Waals surface area (Å²) in [5, 5.41) is 10.2. The summed E-state index contributed by atoms with van der Waals surface area (Å²) in [5.41, 5.74) is 0.263. The van der Waals surface area contributed by atoms with E-state index in [4.69, 9.17) is 4.74 Å². The molecule has 6 heteroatoms. The second-order valence-corrected chi connectivity index (χ2v) is 9.73. The van der Waals surface area contributed by atoms with Gasteiger partial charge in [0.1, 0.15) is 11.5 Å². The number of amides is 1. The molecule has 0 aliphatic carbocycles. The van der Waals surface area contributed by atoms with E-state index in [1.807, 2.05) is 54.6 Å². The van der Waals surface area contributed by atoms with E-state index in [1.54, 1.807) is 18.0 Å². The molecule has 7 rings (SSSR count). The molecule has 0 unspecified atom stereocenters. The molecule has 4 atom stereocenters. The SMILES string of the molecule is CN1C(=O)[C@@]2(c3ccccc31)N1CCC[C@@H]1[C@@H](c1ccccc1)[C@@]21Oc2cc(O)ccc2C1=O. The molecule has 2 spiro atoms. The Balaban J connectivity index is 1.60. The first-order valence-corrected chi connectivity index (χ1v) is 11.8. The Bertz CT molecular complexity index is 1370. The molecule has 6 nitrogen and oxygen atoms in total. The number of hydrogen-bond donors (Lipinski definition) is 1. The van der Waals surface area contributed by atoms with Crippen LogP contribution in [0.25, 0.3) is 0 Å². The van der Waals surface area contributed by atoms with E-state index in [9.17, 15) is 14.7 Å². The third kappa shape index (κ3) is 2.03. The zero-order chi connectivity index (χ0) is 23.2. The highest BCUT2D eigenvalue weighted by Gasteiger charge is 2.82. The van der Waals surface area contributed by atoms with Crippen molar-refractivity contribution in [1.82, 2.24) is 4.90 Å². The molecule has 2 saturated heterocycles. The van der Waals surface area contributed by atoms with Crippen LogP contribution in [-0.2, 0) is 10.3 Å². The summed E-state index contributed by atoms with van der Waals surface area (Å²) in [6.07, 6.45) is 1.83. The minimum Gasteiger partial charge on any atom is -0.508 e. The first-order valence-electron chi connectivity index (χ1n) is 11.8. The molecule has 3 aromatic carbocycles. The number of anilines is 1. The Morgan fingerprint density at radius 2 is 1.76 bits per heavy atom. The average Bonchev–Trinajstić information content (AvgIpc) is 3.55. The molecule has 3 aromatic rings. The van der Waals surface area contributed by atoms with Gasteiger partial charge in [0, 0.05) is 42.9 Å². The first kappa shape index (κ1) is 19.8. The van der Waals surface area contributed by atoms with Crippen LogP contribution in [0.4, 0.5) is 5.69 Å². The van der Waals surface area contributed by atoms with Crippen LogP contribution in [0.15, 0.2) is 72.8 Å². The molecular weight excluding hydrogens is 428 g/mol. The lowest BCUT2D eigenvalue weighted by molar-refractivity contribution is -0.136. The van der Waals surface area contributed by atoms with Gasteiger partial charge in [0.05, 0.1) is 5.56 Å². The molecule has 34 heavy (non-hydrogen) atoms. The van der Waals surface area contributed by atoms with Gasteiger partial charge in [0.2, 0.25) is 11.4 Å². The Labute approximate surface area is 197 Å². The molecule has 170 valence electrons. The van der Waals surface area contributed by atoms with Gasteiger partial charge in [0.15, 0.2) is 5.54 Å². The monoisotopic (exact) mass is 452 g/mol. The van der Waals surface area contributed by atoms with E-state index >= 15 is 0 Å². The third-order valence-electron chi connectivity index (χ3n) is 8.34. The van der Waals surface area contributed by atoms with E-state index in [0.29, 0.717) is 17.9 Å². The van der Waals surface area contributed by atoms with Crippen LogP contribution in [-0.4, -0.2) is 46.9 Å². The molecule has 0 bridgehead atoms. The maximum atomic E-state index is 14.6.